The summed E-state index contributed by atoms with van der Waals surface area (Å²) in [6, 6.07) is 21.0. The predicted octanol–water partition coefficient (Wildman–Crippen LogP) is 5.96. The van der Waals surface area contributed by atoms with Gasteiger partial charge in [-0.2, -0.15) is 0 Å². The first-order valence-corrected chi connectivity index (χ1v) is 14.5. The zero-order valence-electron chi connectivity index (χ0n) is 23.7. The standard InChI is InChI=1S/C30H33N2O8P/c1-6-38-41(35,39-7-2)40-28-24-15-11-12-16-25(24)31(3)29(33)27(28)30(34)32(22-13-9-8-10-14-22)20-21-17-18-23(36-4)19-26(21)37-5/h8-19H,6-7,20H2,1-5H3. The molecule has 1 amide bonds. The molecule has 4 aromatic rings. The lowest BCUT2D eigenvalue weighted by Gasteiger charge is -2.26. The van der Waals surface area contributed by atoms with Crippen molar-refractivity contribution in [2.24, 2.45) is 7.05 Å². The molecule has 0 spiro atoms. The number of phosphoric ester groups is 1. The Balaban J connectivity index is 1.95. The maximum atomic E-state index is 14.5. The molecule has 11 heteroatoms. The third kappa shape index (κ3) is 6.30. The van der Waals surface area contributed by atoms with Crippen LogP contribution in [0, 0.1) is 0 Å². The summed E-state index contributed by atoms with van der Waals surface area (Å²) in [6.07, 6.45) is 0. The first-order valence-electron chi connectivity index (χ1n) is 13.0. The summed E-state index contributed by atoms with van der Waals surface area (Å²) >= 11 is 0. The topological polar surface area (TPSA) is 106 Å². The number of benzene rings is 3. The average Bonchev–Trinajstić information content (AvgIpc) is 2.99. The van der Waals surface area contributed by atoms with Gasteiger partial charge < -0.3 is 23.5 Å². The number of ether oxygens (including phenoxy) is 2. The molecule has 0 bridgehead atoms. The summed E-state index contributed by atoms with van der Waals surface area (Å²) in [6.45, 7) is 3.37. The van der Waals surface area contributed by atoms with Crippen LogP contribution in [-0.4, -0.2) is 37.9 Å². The third-order valence-corrected chi connectivity index (χ3v) is 7.94. The molecular weight excluding hydrogens is 547 g/mol. The SMILES string of the molecule is CCOP(=O)(OCC)Oc1c(C(=O)N(Cc2ccc(OC)cc2OC)c2ccccc2)c(=O)n(C)c2ccccc12. The minimum Gasteiger partial charge on any atom is -0.497 e. The van der Waals surface area contributed by atoms with Gasteiger partial charge in [0.2, 0.25) is 0 Å². The van der Waals surface area contributed by atoms with Crippen LogP contribution in [0.15, 0.2) is 77.6 Å². The molecule has 4 rings (SSSR count). The summed E-state index contributed by atoms with van der Waals surface area (Å²) in [5, 5.41) is 0.396. The molecule has 0 aliphatic carbocycles. The first kappa shape index (κ1) is 29.9. The monoisotopic (exact) mass is 580 g/mol. The van der Waals surface area contributed by atoms with Crippen LogP contribution in [-0.2, 0) is 27.2 Å². The second-order valence-electron chi connectivity index (χ2n) is 8.86. The number of para-hydroxylation sites is 2. The van der Waals surface area contributed by atoms with Gasteiger partial charge in [-0.3, -0.25) is 18.6 Å². The molecule has 1 heterocycles. The third-order valence-electron chi connectivity index (χ3n) is 6.38. The molecule has 0 unspecified atom stereocenters. The normalized spacial score (nSPS) is 11.3. The van der Waals surface area contributed by atoms with Gasteiger partial charge >= 0.3 is 7.82 Å². The molecule has 10 nitrogen and oxygen atoms in total. The van der Waals surface area contributed by atoms with Gasteiger partial charge in [0.15, 0.2) is 5.75 Å². The minimum atomic E-state index is -4.19. The zero-order chi connectivity index (χ0) is 29.6. The predicted molar refractivity (Wildman–Crippen MR) is 157 cm³/mol. The van der Waals surface area contributed by atoms with Crippen molar-refractivity contribution in [2.45, 2.75) is 20.4 Å². The fourth-order valence-electron chi connectivity index (χ4n) is 4.44. The Hall–Kier alpha value is -4.11. The van der Waals surface area contributed by atoms with E-state index in [0.29, 0.717) is 33.7 Å². The number of aryl methyl sites for hydroxylation is 1. The largest absolute Gasteiger partial charge is 0.530 e. The van der Waals surface area contributed by atoms with E-state index in [9.17, 15) is 14.2 Å². The van der Waals surface area contributed by atoms with Crippen LogP contribution in [0.5, 0.6) is 17.2 Å². The molecule has 0 atom stereocenters. The van der Waals surface area contributed by atoms with Crippen LogP contribution < -0.4 is 24.5 Å². The second kappa shape index (κ2) is 13.0. The van der Waals surface area contributed by atoms with Gasteiger partial charge in [-0.05, 0) is 50.2 Å². The Kier molecular flexibility index (Phi) is 9.50. The van der Waals surface area contributed by atoms with E-state index in [4.69, 9.17) is 23.0 Å². The number of phosphoric acid groups is 1. The summed E-state index contributed by atoms with van der Waals surface area (Å²) in [4.78, 5) is 29.8. The van der Waals surface area contributed by atoms with Gasteiger partial charge in [0.25, 0.3) is 11.5 Å². The summed E-state index contributed by atoms with van der Waals surface area (Å²) in [5.41, 5.74) is 0.717. The highest BCUT2D eigenvalue weighted by Gasteiger charge is 2.35. The molecule has 0 radical (unpaired) electrons. The number of aromatic nitrogens is 1. The molecule has 0 fully saturated rings. The van der Waals surface area contributed by atoms with Crippen LogP contribution in [0.1, 0.15) is 29.8 Å². The number of rotatable bonds is 12. The number of carbonyl (C=O) groups excluding carboxylic acids is 1. The maximum Gasteiger partial charge on any atom is 0.530 e. The van der Waals surface area contributed by atoms with E-state index in [0.717, 1.165) is 0 Å². The minimum absolute atomic E-state index is 0.0245. The lowest BCUT2D eigenvalue weighted by molar-refractivity contribution is 0.0980. The lowest BCUT2D eigenvalue weighted by atomic mass is 10.1. The molecule has 0 aliphatic heterocycles. The van der Waals surface area contributed by atoms with Gasteiger partial charge in [-0.25, -0.2) is 4.57 Å². The van der Waals surface area contributed by atoms with Crippen molar-refractivity contribution in [3.05, 3.63) is 94.3 Å². The maximum absolute atomic E-state index is 14.5. The number of anilines is 1. The van der Waals surface area contributed by atoms with Crippen molar-refractivity contribution >= 4 is 30.3 Å². The van der Waals surface area contributed by atoms with E-state index in [2.05, 4.69) is 0 Å². The fraction of sp³-hybridized carbons (Fsp3) is 0.267. The number of amides is 1. The number of pyridine rings is 1. The molecule has 0 aliphatic rings. The zero-order valence-corrected chi connectivity index (χ0v) is 24.6. The average molecular weight is 581 g/mol. The Morgan fingerprint density at radius 3 is 2.20 bits per heavy atom. The molecule has 1 aromatic heterocycles. The summed E-state index contributed by atoms with van der Waals surface area (Å²) in [5.74, 6) is 0.236. The number of hydrogen-bond acceptors (Lipinski definition) is 8. The van der Waals surface area contributed by atoms with E-state index in [1.54, 1.807) is 94.7 Å². The highest BCUT2D eigenvalue weighted by atomic mass is 31.2. The summed E-state index contributed by atoms with van der Waals surface area (Å²) in [7, 11) is 0.449. The van der Waals surface area contributed by atoms with Gasteiger partial charge in [-0.15, -0.1) is 0 Å². The Labute approximate surface area is 238 Å². The van der Waals surface area contributed by atoms with Crippen LogP contribution in [0.2, 0.25) is 0 Å². The Bertz CT molecular complexity index is 1630. The molecular formula is C30H33N2O8P. The van der Waals surface area contributed by atoms with Crippen molar-refractivity contribution in [3.63, 3.8) is 0 Å². The van der Waals surface area contributed by atoms with Crippen molar-refractivity contribution in [1.29, 1.82) is 0 Å². The smallest absolute Gasteiger partial charge is 0.497 e. The quantitative estimate of drug-likeness (QED) is 0.189. The number of hydrogen-bond donors (Lipinski definition) is 0. The van der Waals surface area contributed by atoms with Crippen LogP contribution in [0.3, 0.4) is 0 Å². The second-order valence-corrected chi connectivity index (χ2v) is 10.5. The lowest BCUT2D eigenvalue weighted by Crippen LogP contribution is -2.37. The highest BCUT2D eigenvalue weighted by molar-refractivity contribution is 7.49. The van der Waals surface area contributed by atoms with Crippen molar-refractivity contribution in [2.75, 3.05) is 32.3 Å². The van der Waals surface area contributed by atoms with Gasteiger partial charge in [0, 0.05) is 29.8 Å². The van der Waals surface area contributed by atoms with E-state index >= 15 is 0 Å². The molecule has 3 aromatic carbocycles. The number of fused-ring (bicyclic) bond motifs is 1. The summed E-state index contributed by atoms with van der Waals surface area (Å²) < 4.78 is 42.4. The van der Waals surface area contributed by atoms with E-state index in [1.165, 1.54) is 16.6 Å². The molecule has 0 N–H and O–H groups in total. The van der Waals surface area contributed by atoms with E-state index in [1.807, 2.05) is 6.07 Å². The number of carbonyl (C=O) groups is 1. The van der Waals surface area contributed by atoms with Crippen molar-refractivity contribution in [1.82, 2.24) is 4.57 Å². The van der Waals surface area contributed by atoms with Crippen LogP contribution in [0.4, 0.5) is 5.69 Å². The van der Waals surface area contributed by atoms with Crippen molar-refractivity contribution < 1.29 is 32.4 Å². The first-order chi connectivity index (χ1) is 19.8. The molecule has 216 valence electrons. The molecule has 0 saturated carbocycles. The highest BCUT2D eigenvalue weighted by Crippen LogP contribution is 2.51. The van der Waals surface area contributed by atoms with E-state index < -0.39 is 19.3 Å². The van der Waals surface area contributed by atoms with Gasteiger partial charge in [0.1, 0.15) is 17.1 Å². The van der Waals surface area contributed by atoms with Crippen LogP contribution >= 0.6 is 7.82 Å². The van der Waals surface area contributed by atoms with Crippen LogP contribution in [0.25, 0.3) is 10.9 Å². The number of nitrogens with zero attached hydrogens (tertiary/aromatic N) is 2. The van der Waals surface area contributed by atoms with E-state index in [-0.39, 0.29) is 31.1 Å². The van der Waals surface area contributed by atoms with Crippen molar-refractivity contribution in [3.8, 4) is 17.2 Å². The number of methoxy groups -OCH3 is 2. The Morgan fingerprint density at radius 2 is 1.56 bits per heavy atom. The molecule has 0 saturated heterocycles. The van der Waals surface area contributed by atoms with Gasteiger partial charge in [-0.1, -0.05) is 30.3 Å². The Morgan fingerprint density at radius 1 is 0.902 bits per heavy atom. The molecule has 41 heavy (non-hydrogen) atoms. The fourth-order valence-corrected chi connectivity index (χ4v) is 5.67. The van der Waals surface area contributed by atoms with Gasteiger partial charge in [0.05, 0.1) is 39.5 Å².